The fraction of sp³-hybridized carbons (Fsp3) is 0.357. The molecule has 3 N–H and O–H groups in total. The quantitative estimate of drug-likeness (QED) is 0.612. The van der Waals surface area contributed by atoms with Gasteiger partial charge in [0.25, 0.3) is 0 Å². The van der Waals surface area contributed by atoms with Crippen LogP contribution in [0.25, 0.3) is 10.9 Å². The smallest absolute Gasteiger partial charge is 0.0710 e. The minimum absolute atomic E-state index is 0.575. The van der Waals surface area contributed by atoms with Crippen LogP contribution in [0.3, 0.4) is 0 Å². The second kappa shape index (κ2) is 4.34. The number of hydrogen-bond donors (Lipinski definition) is 2. The molecule has 2 aromatic rings. The van der Waals surface area contributed by atoms with Crippen LogP contribution in [0, 0.1) is 0 Å². The molecule has 1 heterocycles. The highest BCUT2D eigenvalue weighted by atomic mass is 15.2. The molecule has 3 heteroatoms. The third-order valence-electron chi connectivity index (χ3n) is 3.65. The molecule has 0 radical (unpaired) electrons. The second-order valence-corrected chi connectivity index (χ2v) is 4.74. The summed E-state index contributed by atoms with van der Waals surface area (Å²) < 4.78 is 0. The third-order valence-corrected chi connectivity index (χ3v) is 3.65. The van der Waals surface area contributed by atoms with Gasteiger partial charge in [-0.05, 0) is 25.0 Å². The Hall–Kier alpha value is -1.61. The maximum absolute atomic E-state index is 5.62. The summed E-state index contributed by atoms with van der Waals surface area (Å²) in [5, 5.41) is 1.14. The Morgan fingerprint density at radius 3 is 2.71 bits per heavy atom. The van der Waals surface area contributed by atoms with E-state index in [1.54, 1.807) is 0 Å². The van der Waals surface area contributed by atoms with Gasteiger partial charge in [-0.1, -0.05) is 31.0 Å². The van der Waals surface area contributed by atoms with Crippen LogP contribution in [0.1, 0.15) is 37.3 Å². The van der Waals surface area contributed by atoms with Crippen molar-refractivity contribution in [1.29, 1.82) is 0 Å². The average molecular weight is 227 g/mol. The first kappa shape index (κ1) is 10.5. The summed E-state index contributed by atoms with van der Waals surface area (Å²) in [6.45, 7) is 0. The zero-order chi connectivity index (χ0) is 11.7. The maximum Gasteiger partial charge on any atom is 0.0710 e. The number of fused-ring (bicyclic) bond motifs is 1. The Morgan fingerprint density at radius 1 is 1.18 bits per heavy atom. The number of para-hydroxylation sites is 1. The molecular formula is C14H17N3. The highest BCUT2D eigenvalue weighted by molar-refractivity contribution is 5.82. The topological polar surface area (TPSA) is 50.9 Å². The zero-order valence-electron chi connectivity index (χ0n) is 9.82. The standard InChI is InChI=1S/C14H17N3/c15-17-13-9-11-7-3-4-8-12(11)16-14(13)10-5-1-2-6-10/h3-4,7-10,17H,1-2,5-6,15H2. The van der Waals surface area contributed by atoms with Crippen LogP contribution in [0.2, 0.25) is 0 Å². The summed E-state index contributed by atoms with van der Waals surface area (Å²) in [5.41, 5.74) is 5.99. The summed E-state index contributed by atoms with van der Waals surface area (Å²) in [6, 6.07) is 10.3. The first-order valence-corrected chi connectivity index (χ1v) is 6.25. The number of rotatable bonds is 2. The van der Waals surface area contributed by atoms with Gasteiger partial charge in [0.15, 0.2) is 0 Å². The van der Waals surface area contributed by atoms with Gasteiger partial charge >= 0.3 is 0 Å². The van der Waals surface area contributed by atoms with Gasteiger partial charge in [-0.3, -0.25) is 10.8 Å². The SMILES string of the molecule is NNc1cc2ccccc2nc1C1CCCC1. The van der Waals surface area contributed by atoms with Crippen molar-refractivity contribution in [2.75, 3.05) is 5.43 Å². The molecular weight excluding hydrogens is 210 g/mol. The van der Waals surface area contributed by atoms with E-state index in [4.69, 9.17) is 10.8 Å². The molecule has 0 spiro atoms. The molecule has 0 saturated heterocycles. The van der Waals surface area contributed by atoms with E-state index >= 15 is 0 Å². The first-order valence-electron chi connectivity index (χ1n) is 6.25. The fourth-order valence-corrected chi connectivity index (χ4v) is 2.76. The summed E-state index contributed by atoms with van der Waals surface area (Å²) in [5.74, 6) is 6.19. The van der Waals surface area contributed by atoms with Gasteiger partial charge < -0.3 is 5.43 Å². The molecule has 0 bridgehead atoms. The molecule has 17 heavy (non-hydrogen) atoms. The van der Waals surface area contributed by atoms with E-state index in [0.29, 0.717) is 5.92 Å². The van der Waals surface area contributed by atoms with Crippen molar-refractivity contribution in [3.63, 3.8) is 0 Å². The number of anilines is 1. The van der Waals surface area contributed by atoms with E-state index in [1.807, 2.05) is 12.1 Å². The Labute approximate surface area is 101 Å². The number of nitrogens with zero attached hydrogens (tertiary/aromatic N) is 1. The lowest BCUT2D eigenvalue weighted by atomic mass is 10.0. The van der Waals surface area contributed by atoms with Crippen LogP contribution < -0.4 is 11.3 Å². The van der Waals surface area contributed by atoms with Gasteiger partial charge in [0.2, 0.25) is 0 Å². The number of hydrazine groups is 1. The summed E-state index contributed by atoms with van der Waals surface area (Å²) in [6.07, 6.45) is 5.09. The number of aromatic nitrogens is 1. The molecule has 0 unspecified atom stereocenters. The van der Waals surface area contributed by atoms with Gasteiger partial charge in [-0.15, -0.1) is 0 Å². The van der Waals surface area contributed by atoms with Gasteiger partial charge in [-0.25, -0.2) is 0 Å². The number of nitrogens with two attached hydrogens (primary N) is 1. The molecule has 1 aromatic heterocycles. The lowest BCUT2D eigenvalue weighted by Crippen LogP contribution is -2.12. The largest absolute Gasteiger partial charge is 0.322 e. The van der Waals surface area contributed by atoms with Crippen molar-refractivity contribution in [2.45, 2.75) is 31.6 Å². The minimum Gasteiger partial charge on any atom is -0.322 e. The Morgan fingerprint density at radius 2 is 1.94 bits per heavy atom. The van der Waals surface area contributed by atoms with Crippen molar-refractivity contribution in [3.05, 3.63) is 36.0 Å². The van der Waals surface area contributed by atoms with Crippen molar-refractivity contribution in [2.24, 2.45) is 5.84 Å². The predicted octanol–water partition coefficient (Wildman–Crippen LogP) is 3.18. The normalized spacial score (nSPS) is 16.5. The number of nitrogen functional groups attached to an aromatic ring is 1. The van der Waals surface area contributed by atoms with E-state index in [9.17, 15) is 0 Å². The lowest BCUT2D eigenvalue weighted by molar-refractivity contribution is 0.702. The summed E-state index contributed by atoms with van der Waals surface area (Å²) >= 11 is 0. The second-order valence-electron chi connectivity index (χ2n) is 4.74. The molecule has 1 fully saturated rings. The maximum atomic E-state index is 5.62. The van der Waals surface area contributed by atoms with Crippen molar-refractivity contribution < 1.29 is 0 Å². The molecule has 0 atom stereocenters. The molecule has 1 aliphatic carbocycles. The van der Waals surface area contributed by atoms with Gasteiger partial charge in [0, 0.05) is 11.3 Å². The van der Waals surface area contributed by atoms with Crippen LogP contribution in [-0.4, -0.2) is 4.98 Å². The molecule has 1 aromatic carbocycles. The van der Waals surface area contributed by atoms with Crippen molar-refractivity contribution in [1.82, 2.24) is 4.98 Å². The molecule has 0 amide bonds. The van der Waals surface area contributed by atoms with Gasteiger partial charge in [0.1, 0.15) is 0 Å². The van der Waals surface area contributed by atoms with Crippen LogP contribution in [-0.2, 0) is 0 Å². The number of nitrogens with one attached hydrogen (secondary N) is 1. The van der Waals surface area contributed by atoms with Crippen LogP contribution in [0.5, 0.6) is 0 Å². The Bertz CT molecular complexity index is 530. The molecule has 88 valence electrons. The van der Waals surface area contributed by atoms with Crippen LogP contribution >= 0.6 is 0 Å². The third kappa shape index (κ3) is 1.87. The van der Waals surface area contributed by atoms with E-state index in [0.717, 1.165) is 22.3 Å². The van der Waals surface area contributed by atoms with Crippen LogP contribution in [0.4, 0.5) is 5.69 Å². The van der Waals surface area contributed by atoms with Crippen LogP contribution in [0.15, 0.2) is 30.3 Å². The Balaban J connectivity index is 2.14. The number of pyridine rings is 1. The molecule has 1 aliphatic rings. The van der Waals surface area contributed by atoms with Crippen molar-refractivity contribution >= 4 is 16.6 Å². The van der Waals surface area contributed by atoms with Crippen molar-refractivity contribution in [3.8, 4) is 0 Å². The van der Waals surface area contributed by atoms with E-state index < -0.39 is 0 Å². The van der Waals surface area contributed by atoms with E-state index in [-0.39, 0.29) is 0 Å². The molecule has 0 aliphatic heterocycles. The summed E-state index contributed by atoms with van der Waals surface area (Å²) in [4.78, 5) is 4.79. The predicted molar refractivity (Wildman–Crippen MR) is 70.8 cm³/mol. The molecule has 3 nitrogen and oxygen atoms in total. The highest BCUT2D eigenvalue weighted by Crippen LogP contribution is 2.37. The first-order chi connectivity index (χ1) is 8.38. The average Bonchev–Trinajstić information content (AvgIpc) is 2.91. The van der Waals surface area contributed by atoms with E-state index in [1.165, 1.54) is 25.7 Å². The highest BCUT2D eigenvalue weighted by Gasteiger charge is 2.21. The number of benzene rings is 1. The Kier molecular flexibility index (Phi) is 2.69. The van der Waals surface area contributed by atoms with Gasteiger partial charge in [-0.2, -0.15) is 0 Å². The minimum atomic E-state index is 0.575. The molecule has 1 saturated carbocycles. The lowest BCUT2D eigenvalue weighted by Gasteiger charge is -2.14. The van der Waals surface area contributed by atoms with Gasteiger partial charge in [0.05, 0.1) is 16.9 Å². The summed E-state index contributed by atoms with van der Waals surface area (Å²) in [7, 11) is 0. The molecule has 3 rings (SSSR count). The fourth-order valence-electron chi connectivity index (χ4n) is 2.76. The number of hydrogen-bond acceptors (Lipinski definition) is 3. The zero-order valence-corrected chi connectivity index (χ0v) is 9.82. The monoisotopic (exact) mass is 227 g/mol. The van der Waals surface area contributed by atoms with E-state index in [2.05, 4.69) is 23.6 Å².